The van der Waals surface area contributed by atoms with Crippen LogP contribution in [0, 0.1) is 10.1 Å². The molecule has 0 radical (unpaired) electrons. The Labute approximate surface area is 182 Å². The van der Waals surface area contributed by atoms with E-state index in [0.29, 0.717) is 25.1 Å². The molecule has 1 aliphatic rings. The van der Waals surface area contributed by atoms with Crippen LogP contribution in [-0.2, 0) is 22.5 Å². The maximum absolute atomic E-state index is 12.7. The summed E-state index contributed by atoms with van der Waals surface area (Å²) < 4.78 is 4.79. The lowest BCUT2D eigenvalue weighted by Crippen LogP contribution is -2.42. The Balaban J connectivity index is 1.45. The van der Waals surface area contributed by atoms with Crippen molar-refractivity contribution in [2.24, 2.45) is 0 Å². The lowest BCUT2D eigenvalue weighted by atomic mass is 10.0. The second kappa shape index (κ2) is 8.50. The molecule has 32 heavy (non-hydrogen) atoms. The van der Waals surface area contributed by atoms with E-state index in [0.717, 1.165) is 28.2 Å². The molecule has 2 amide bonds. The van der Waals surface area contributed by atoms with E-state index in [1.807, 2.05) is 6.07 Å². The fraction of sp³-hybridized carbons (Fsp3) is 0.227. The van der Waals surface area contributed by atoms with Crippen LogP contribution in [0.4, 0.5) is 5.69 Å². The molecule has 10 heteroatoms. The van der Waals surface area contributed by atoms with Crippen molar-refractivity contribution in [2.45, 2.75) is 13.0 Å². The van der Waals surface area contributed by atoms with Gasteiger partial charge in [-0.3, -0.25) is 19.7 Å². The number of ether oxygens (including phenoxy) is 1. The van der Waals surface area contributed by atoms with Crippen molar-refractivity contribution in [1.29, 1.82) is 0 Å². The number of carbonyl (C=O) groups is 3. The average molecular weight is 436 g/mol. The van der Waals surface area contributed by atoms with Crippen molar-refractivity contribution in [3.05, 3.63) is 75.0 Å². The van der Waals surface area contributed by atoms with E-state index in [-0.39, 0.29) is 23.7 Å². The summed E-state index contributed by atoms with van der Waals surface area (Å²) in [5.41, 5.74) is 3.14. The number of nitrogens with zero attached hydrogens (tertiary/aromatic N) is 2. The lowest BCUT2D eigenvalue weighted by molar-refractivity contribution is -0.384. The van der Waals surface area contributed by atoms with Crippen LogP contribution in [0.2, 0.25) is 0 Å². The van der Waals surface area contributed by atoms with Gasteiger partial charge < -0.3 is 19.9 Å². The highest BCUT2D eigenvalue weighted by Gasteiger charge is 2.25. The minimum Gasteiger partial charge on any atom is -0.465 e. The molecule has 0 atom stereocenters. The van der Waals surface area contributed by atoms with Gasteiger partial charge in [-0.15, -0.1) is 0 Å². The molecule has 0 unspecified atom stereocenters. The largest absolute Gasteiger partial charge is 0.465 e. The molecule has 0 spiro atoms. The van der Waals surface area contributed by atoms with Gasteiger partial charge in [-0.05, 0) is 24.3 Å². The highest BCUT2D eigenvalue weighted by Crippen LogP contribution is 2.28. The number of nitrogens with one attached hydrogen (secondary N) is 2. The molecule has 0 bridgehead atoms. The predicted octanol–water partition coefficient (Wildman–Crippen LogP) is 2.18. The van der Waals surface area contributed by atoms with Crippen molar-refractivity contribution in [1.82, 2.24) is 15.2 Å². The van der Waals surface area contributed by atoms with E-state index in [9.17, 15) is 24.5 Å². The van der Waals surface area contributed by atoms with Gasteiger partial charge in [0.05, 0.1) is 24.1 Å². The molecule has 0 saturated heterocycles. The Bertz CT molecular complexity index is 1250. The minimum absolute atomic E-state index is 0.111. The van der Waals surface area contributed by atoms with Crippen LogP contribution in [0.5, 0.6) is 0 Å². The molecule has 2 N–H and O–H groups in total. The number of hydrogen-bond donors (Lipinski definition) is 2. The predicted molar refractivity (Wildman–Crippen MR) is 114 cm³/mol. The highest BCUT2D eigenvalue weighted by molar-refractivity contribution is 5.98. The van der Waals surface area contributed by atoms with Crippen LogP contribution >= 0.6 is 0 Å². The van der Waals surface area contributed by atoms with Gasteiger partial charge >= 0.3 is 5.97 Å². The van der Waals surface area contributed by atoms with Gasteiger partial charge in [0.25, 0.3) is 11.6 Å². The van der Waals surface area contributed by atoms with E-state index in [1.165, 1.54) is 25.3 Å². The zero-order chi connectivity index (χ0) is 22.8. The Morgan fingerprint density at radius 3 is 2.75 bits per heavy atom. The standard InChI is InChI=1S/C22H20N4O6/c1-32-22(29)14-5-6-18-16(10-14)17-12-25(8-7-19(17)24-18)20(27)11-23-21(28)13-3-2-4-15(9-13)26(30)31/h2-6,9-10,24H,7-8,11-12H2,1H3,(H,23,28). The molecule has 4 rings (SSSR count). The first-order valence-electron chi connectivity index (χ1n) is 9.89. The molecule has 1 aliphatic heterocycles. The van der Waals surface area contributed by atoms with Crippen LogP contribution in [0.15, 0.2) is 42.5 Å². The van der Waals surface area contributed by atoms with Crippen LogP contribution in [0.25, 0.3) is 10.9 Å². The molecule has 1 aromatic heterocycles. The van der Waals surface area contributed by atoms with Crippen LogP contribution in [0.3, 0.4) is 0 Å². The molecule has 0 aliphatic carbocycles. The maximum Gasteiger partial charge on any atom is 0.337 e. The average Bonchev–Trinajstić information content (AvgIpc) is 3.18. The summed E-state index contributed by atoms with van der Waals surface area (Å²) in [6.45, 7) is 0.591. The van der Waals surface area contributed by atoms with Gasteiger partial charge in [0.1, 0.15) is 0 Å². The van der Waals surface area contributed by atoms with E-state index in [1.54, 1.807) is 17.0 Å². The number of nitro groups is 1. The van der Waals surface area contributed by atoms with E-state index in [4.69, 9.17) is 4.74 Å². The van der Waals surface area contributed by atoms with Gasteiger partial charge in [0, 0.05) is 59.4 Å². The molecular formula is C22H20N4O6. The van der Waals surface area contributed by atoms with Crippen molar-refractivity contribution in [3.63, 3.8) is 0 Å². The van der Waals surface area contributed by atoms with E-state index in [2.05, 4.69) is 10.3 Å². The number of rotatable bonds is 5. The summed E-state index contributed by atoms with van der Waals surface area (Å²) >= 11 is 0. The number of carbonyl (C=O) groups excluding carboxylic acids is 3. The quantitative estimate of drug-likeness (QED) is 0.358. The summed E-state index contributed by atoms with van der Waals surface area (Å²) in [6.07, 6.45) is 0.613. The molecule has 164 valence electrons. The van der Waals surface area contributed by atoms with Gasteiger partial charge in [0.2, 0.25) is 5.91 Å². The van der Waals surface area contributed by atoms with E-state index >= 15 is 0 Å². The maximum atomic E-state index is 12.7. The molecule has 0 saturated carbocycles. The summed E-state index contributed by atoms with van der Waals surface area (Å²) in [4.78, 5) is 52.2. The third-order valence-corrected chi connectivity index (χ3v) is 5.47. The van der Waals surface area contributed by atoms with Crippen molar-refractivity contribution >= 4 is 34.4 Å². The number of aromatic nitrogens is 1. The third-order valence-electron chi connectivity index (χ3n) is 5.47. The number of aromatic amines is 1. The number of fused-ring (bicyclic) bond motifs is 3. The third kappa shape index (κ3) is 4.02. The van der Waals surface area contributed by atoms with Crippen LogP contribution in [-0.4, -0.2) is 52.8 Å². The number of nitro benzene ring substituents is 1. The first kappa shape index (κ1) is 21.0. The molecule has 3 aromatic rings. The van der Waals surface area contributed by atoms with Crippen molar-refractivity contribution in [2.75, 3.05) is 20.2 Å². The van der Waals surface area contributed by atoms with Crippen LogP contribution < -0.4 is 5.32 Å². The Hall–Kier alpha value is -4.21. The topological polar surface area (TPSA) is 135 Å². The number of methoxy groups -OCH3 is 1. The van der Waals surface area contributed by atoms with Crippen molar-refractivity contribution in [3.8, 4) is 0 Å². The van der Waals surface area contributed by atoms with Gasteiger partial charge in [-0.2, -0.15) is 0 Å². The summed E-state index contributed by atoms with van der Waals surface area (Å²) in [5.74, 6) is -1.27. The molecule has 10 nitrogen and oxygen atoms in total. The zero-order valence-corrected chi connectivity index (χ0v) is 17.2. The molecule has 0 fully saturated rings. The van der Waals surface area contributed by atoms with Crippen LogP contribution in [0.1, 0.15) is 32.0 Å². The second-order valence-electron chi connectivity index (χ2n) is 7.39. The van der Waals surface area contributed by atoms with Gasteiger partial charge in [-0.1, -0.05) is 6.07 Å². The first-order valence-corrected chi connectivity index (χ1v) is 9.89. The fourth-order valence-corrected chi connectivity index (χ4v) is 3.80. The number of amides is 2. The molecular weight excluding hydrogens is 416 g/mol. The monoisotopic (exact) mass is 436 g/mol. The Kier molecular flexibility index (Phi) is 5.59. The normalized spacial score (nSPS) is 12.8. The Morgan fingerprint density at radius 1 is 1.19 bits per heavy atom. The molecule has 2 heterocycles. The van der Waals surface area contributed by atoms with E-state index < -0.39 is 16.8 Å². The number of esters is 1. The highest BCUT2D eigenvalue weighted by atomic mass is 16.6. The van der Waals surface area contributed by atoms with Crippen molar-refractivity contribution < 1.29 is 24.0 Å². The summed E-state index contributed by atoms with van der Waals surface area (Å²) in [7, 11) is 1.32. The summed E-state index contributed by atoms with van der Waals surface area (Å²) in [5, 5.41) is 14.3. The number of H-pyrrole nitrogens is 1. The number of benzene rings is 2. The zero-order valence-electron chi connectivity index (χ0n) is 17.2. The second-order valence-corrected chi connectivity index (χ2v) is 7.39. The Morgan fingerprint density at radius 2 is 2.00 bits per heavy atom. The SMILES string of the molecule is COC(=O)c1ccc2[nH]c3c(c2c1)CN(C(=O)CNC(=O)c1cccc([N+](=O)[O-])c1)CC3. The number of hydrogen-bond acceptors (Lipinski definition) is 6. The molecule has 2 aromatic carbocycles. The summed E-state index contributed by atoms with van der Waals surface area (Å²) in [6, 6.07) is 10.6. The smallest absolute Gasteiger partial charge is 0.337 e. The van der Waals surface area contributed by atoms with Gasteiger partial charge in [0.15, 0.2) is 0 Å². The first-order chi connectivity index (χ1) is 15.4. The van der Waals surface area contributed by atoms with Gasteiger partial charge in [-0.25, -0.2) is 4.79 Å². The lowest BCUT2D eigenvalue weighted by Gasteiger charge is -2.27. The minimum atomic E-state index is -0.583. The fourth-order valence-electron chi connectivity index (χ4n) is 3.80. The number of non-ortho nitro benzene ring substituents is 1.